The number of nitrogens with zero attached hydrogens (tertiary/aromatic N) is 2. The fourth-order valence-electron chi connectivity index (χ4n) is 1.92. The van der Waals surface area contributed by atoms with Crippen LogP contribution < -0.4 is 5.32 Å². The van der Waals surface area contributed by atoms with Gasteiger partial charge in [0, 0.05) is 6.54 Å². The zero-order chi connectivity index (χ0) is 11.3. The minimum atomic E-state index is 0.364. The third-order valence-corrected chi connectivity index (χ3v) is 2.80. The summed E-state index contributed by atoms with van der Waals surface area (Å²) in [6.07, 6.45) is 5.16. The Morgan fingerprint density at radius 3 is 2.87 bits per heavy atom. The van der Waals surface area contributed by atoms with Gasteiger partial charge in [0.25, 0.3) is 5.84 Å². The van der Waals surface area contributed by atoms with Gasteiger partial charge in [0.1, 0.15) is 19.3 Å². The number of hydrogen-bond acceptors (Lipinski definition) is 2. The van der Waals surface area contributed by atoms with E-state index in [0.717, 1.165) is 26.1 Å². The van der Waals surface area contributed by atoms with E-state index in [-0.39, 0.29) is 0 Å². The van der Waals surface area contributed by atoms with Crippen LogP contribution >= 0.6 is 0 Å². The van der Waals surface area contributed by atoms with Gasteiger partial charge in [-0.3, -0.25) is 9.89 Å². The molecule has 0 amide bonds. The Balaban J connectivity index is 2.61. The largest absolute Gasteiger partial charge is 0.276 e. The molecule has 0 aliphatic carbocycles. The summed E-state index contributed by atoms with van der Waals surface area (Å²) >= 11 is 0. The van der Waals surface area contributed by atoms with E-state index in [1.807, 2.05) is 12.2 Å². The Labute approximate surface area is 92.8 Å². The second-order valence-corrected chi connectivity index (χ2v) is 3.90. The summed E-state index contributed by atoms with van der Waals surface area (Å²) in [5.41, 5.74) is 0. The number of hydrogen-bond donors (Lipinski definition) is 1. The lowest BCUT2D eigenvalue weighted by Gasteiger charge is -2.20. The molecule has 0 radical (unpaired) electrons. The molecule has 1 N–H and O–H groups in total. The highest BCUT2D eigenvalue weighted by Gasteiger charge is 2.30. The van der Waals surface area contributed by atoms with Gasteiger partial charge >= 0.3 is 0 Å². The fourth-order valence-corrected chi connectivity index (χ4v) is 1.92. The molecule has 1 rings (SSSR count). The molecule has 0 bridgehead atoms. The SMILES string of the molecule is C=CCNC(C)N1CC[N+](C)=C1CC=C. The highest BCUT2D eigenvalue weighted by Crippen LogP contribution is 2.07. The molecule has 0 saturated carbocycles. The van der Waals surface area contributed by atoms with Crippen LogP contribution in [0.2, 0.25) is 0 Å². The molecule has 1 atom stereocenters. The molecule has 0 aromatic heterocycles. The van der Waals surface area contributed by atoms with Crippen LogP contribution in [0.15, 0.2) is 25.3 Å². The second kappa shape index (κ2) is 5.71. The Morgan fingerprint density at radius 2 is 2.27 bits per heavy atom. The van der Waals surface area contributed by atoms with E-state index in [1.165, 1.54) is 5.84 Å². The normalized spacial score (nSPS) is 18.1. The topological polar surface area (TPSA) is 18.3 Å². The molecule has 3 heteroatoms. The van der Waals surface area contributed by atoms with E-state index in [4.69, 9.17) is 0 Å². The first-order chi connectivity index (χ1) is 7.20. The average molecular weight is 208 g/mol. The summed E-state index contributed by atoms with van der Waals surface area (Å²) in [5, 5.41) is 3.41. The third-order valence-electron chi connectivity index (χ3n) is 2.80. The molecule has 0 saturated heterocycles. The van der Waals surface area contributed by atoms with E-state index in [2.05, 4.69) is 41.9 Å². The number of rotatable bonds is 6. The van der Waals surface area contributed by atoms with Crippen LogP contribution in [-0.4, -0.2) is 48.2 Å². The van der Waals surface area contributed by atoms with Gasteiger partial charge < -0.3 is 0 Å². The fraction of sp³-hybridized carbons (Fsp3) is 0.583. The van der Waals surface area contributed by atoms with Crippen LogP contribution in [0.1, 0.15) is 13.3 Å². The molecule has 15 heavy (non-hydrogen) atoms. The molecule has 1 heterocycles. The van der Waals surface area contributed by atoms with Crippen molar-refractivity contribution in [2.24, 2.45) is 0 Å². The summed E-state index contributed by atoms with van der Waals surface area (Å²) < 4.78 is 2.30. The lowest BCUT2D eigenvalue weighted by Crippen LogP contribution is -2.45. The average Bonchev–Trinajstić information content (AvgIpc) is 2.58. The maximum Gasteiger partial charge on any atom is 0.252 e. The quantitative estimate of drug-likeness (QED) is 0.519. The summed E-state index contributed by atoms with van der Waals surface area (Å²) in [5.74, 6) is 1.36. The van der Waals surface area contributed by atoms with Crippen molar-refractivity contribution in [3.63, 3.8) is 0 Å². The van der Waals surface area contributed by atoms with E-state index in [9.17, 15) is 0 Å². The molecule has 84 valence electrons. The van der Waals surface area contributed by atoms with Gasteiger partial charge in [0.15, 0.2) is 0 Å². The first-order valence-corrected chi connectivity index (χ1v) is 5.49. The van der Waals surface area contributed by atoms with Crippen LogP contribution in [0, 0.1) is 0 Å². The molecule has 1 unspecified atom stereocenters. The smallest absolute Gasteiger partial charge is 0.252 e. The van der Waals surface area contributed by atoms with Crippen molar-refractivity contribution < 1.29 is 4.58 Å². The molecule has 0 spiro atoms. The summed E-state index contributed by atoms with van der Waals surface area (Å²) in [6, 6.07) is 0. The maximum absolute atomic E-state index is 3.80. The van der Waals surface area contributed by atoms with Gasteiger partial charge in [-0.15, -0.1) is 13.2 Å². The standard InChI is InChI=1S/C12H22N3/c1-5-7-12-14(4)9-10-15(12)11(3)13-8-6-2/h5-6,11,13H,1-2,7-10H2,3-4H3/q+1. The van der Waals surface area contributed by atoms with Gasteiger partial charge in [-0.1, -0.05) is 12.2 Å². The summed E-state index contributed by atoms with van der Waals surface area (Å²) in [7, 11) is 2.14. The summed E-state index contributed by atoms with van der Waals surface area (Å²) in [6.45, 7) is 12.7. The monoisotopic (exact) mass is 208 g/mol. The van der Waals surface area contributed by atoms with E-state index in [1.54, 1.807) is 0 Å². The van der Waals surface area contributed by atoms with Crippen LogP contribution in [0.25, 0.3) is 0 Å². The van der Waals surface area contributed by atoms with E-state index in [0.29, 0.717) is 6.17 Å². The predicted octanol–water partition coefficient (Wildman–Crippen LogP) is 1.04. The molecule has 0 aromatic rings. The first kappa shape index (κ1) is 12.0. The van der Waals surface area contributed by atoms with Gasteiger partial charge in [0.2, 0.25) is 0 Å². The van der Waals surface area contributed by atoms with Crippen LogP contribution in [0.5, 0.6) is 0 Å². The molecule has 0 aromatic carbocycles. The Hall–Kier alpha value is -1.09. The zero-order valence-corrected chi connectivity index (χ0v) is 9.87. The molecule has 0 fully saturated rings. The van der Waals surface area contributed by atoms with Crippen molar-refractivity contribution in [1.82, 2.24) is 10.2 Å². The summed E-state index contributed by atoms with van der Waals surface area (Å²) in [4.78, 5) is 2.39. The number of amidine groups is 1. The molecular weight excluding hydrogens is 186 g/mol. The first-order valence-electron chi connectivity index (χ1n) is 5.49. The highest BCUT2D eigenvalue weighted by molar-refractivity contribution is 5.80. The van der Waals surface area contributed by atoms with E-state index >= 15 is 0 Å². The van der Waals surface area contributed by atoms with Gasteiger partial charge in [-0.05, 0) is 6.92 Å². The van der Waals surface area contributed by atoms with Crippen molar-refractivity contribution >= 4 is 5.84 Å². The van der Waals surface area contributed by atoms with Crippen molar-refractivity contribution in [3.8, 4) is 0 Å². The third kappa shape index (κ3) is 2.93. The Morgan fingerprint density at radius 1 is 1.53 bits per heavy atom. The lowest BCUT2D eigenvalue weighted by atomic mass is 10.3. The molecule has 1 aliphatic heterocycles. The number of likely N-dealkylation sites (N-methyl/N-ethyl adjacent to an activating group) is 1. The minimum Gasteiger partial charge on any atom is -0.276 e. The van der Waals surface area contributed by atoms with Crippen molar-refractivity contribution in [2.75, 3.05) is 26.7 Å². The van der Waals surface area contributed by atoms with Crippen LogP contribution in [-0.2, 0) is 0 Å². The minimum absolute atomic E-state index is 0.364. The van der Waals surface area contributed by atoms with Gasteiger partial charge in [-0.2, -0.15) is 0 Å². The maximum atomic E-state index is 3.80. The highest BCUT2D eigenvalue weighted by atomic mass is 15.4. The Kier molecular flexibility index (Phi) is 4.56. The van der Waals surface area contributed by atoms with Crippen molar-refractivity contribution in [1.29, 1.82) is 0 Å². The molecular formula is C12H22N3+. The zero-order valence-electron chi connectivity index (χ0n) is 9.87. The lowest BCUT2D eigenvalue weighted by molar-refractivity contribution is -0.487. The van der Waals surface area contributed by atoms with Crippen molar-refractivity contribution in [2.45, 2.75) is 19.5 Å². The molecule has 3 nitrogen and oxygen atoms in total. The van der Waals surface area contributed by atoms with E-state index < -0.39 is 0 Å². The van der Waals surface area contributed by atoms with Crippen LogP contribution in [0.3, 0.4) is 0 Å². The Bertz CT molecular complexity index is 268. The predicted molar refractivity (Wildman–Crippen MR) is 65.2 cm³/mol. The van der Waals surface area contributed by atoms with Crippen LogP contribution in [0.4, 0.5) is 0 Å². The second-order valence-electron chi connectivity index (χ2n) is 3.90. The number of nitrogens with one attached hydrogen (secondary N) is 1. The van der Waals surface area contributed by atoms with Gasteiger partial charge in [-0.25, -0.2) is 4.90 Å². The molecule has 1 aliphatic rings. The van der Waals surface area contributed by atoms with Crippen molar-refractivity contribution in [3.05, 3.63) is 25.3 Å². The van der Waals surface area contributed by atoms with Gasteiger partial charge in [0.05, 0.1) is 13.5 Å².